The molecule has 0 saturated heterocycles. The van der Waals surface area contributed by atoms with Crippen molar-refractivity contribution in [1.82, 2.24) is 4.90 Å². The highest BCUT2D eigenvalue weighted by Gasteiger charge is 2.14. The molecule has 0 aliphatic carbocycles. The van der Waals surface area contributed by atoms with Gasteiger partial charge in [0.05, 0.1) is 13.2 Å². The molecule has 0 radical (unpaired) electrons. The van der Waals surface area contributed by atoms with Crippen molar-refractivity contribution < 1.29 is 19.3 Å². The van der Waals surface area contributed by atoms with E-state index < -0.39 is 0 Å². The van der Waals surface area contributed by atoms with Gasteiger partial charge in [-0.1, -0.05) is 6.07 Å². The van der Waals surface area contributed by atoms with Gasteiger partial charge in [0, 0.05) is 26.7 Å². The summed E-state index contributed by atoms with van der Waals surface area (Å²) in [6.45, 7) is 3.30. The Balaban J connectivity index is 1.97. The first-order valence-corrected chi connectivity index (χ1v) is 6.04. The Kier molecular flexibility index (Phi) is 4.81. The maximum Gasteiger partial charge on any atom is 0.231 e. The summed E-state index contributed by atoms with van der Waals surface area (Å²) in [5.41, 5.74) is 1.14. The van der Waals surface area contributed by atoms with Gasteiger partial charge in [0.1, 0.15) is 0 Å². The fraction of sp³-hybridized carbons (Fsp3) is 0.538. The monoisotopic (exact) mass is 253 g/mol. The second-order valence-electron chi connectivity index (χ2n) is 4.18. The Labute approximate surface area is 107 Å². The van der Waals surface area contributed by atoms with Crippen molar-refractivity contribution in [1.29, 1.82) is 0 Å². The predicted molar refractivity (Wildman–Crippen MR) is 66.8 cm³/mol. The lowest BCUT2D eigenvalue weighted by molar-refractivity contribution is 0.127. The third-order valence-electron chi connectivity index (χ3n) is 2.87. The summed E-state index contributed by atoms with van der Waals surface area (Å²) >= 11 is 0. The normalized spacial score (nSPS) is 13.3. The van der Waals surface area contributed by atoms with Crippen LogP contribution in [0.4, 0.5) is 0 Å². The van der Waals surface area contributed by atoms with Crippen molar-refractivity contribution in [3.05, 3.63) is 23.8 Å². The van der Waals surface area contributed by atoms with Crippen molar-refractivity contribution >= 4 is 0 Å². The Morgan fingerprint density at radius 2 is 2.11 bits per heavy atom. The van der Waals surface area contributed by atoms with E-state index in [1.807, 2.05) is 18.2 Å². The van der Waals surface area contributed by atoms with E-state index in [9.17, 15) is 0 Å². The number of benzene rings is 1. The average molecular weight is 253 g/mol. The summed E-state index contributed by atoms with van der Waals surface area (Å²) in [5.74, 6) is 1.59. The van der Waals surface area contributed by atoms with Gasteiger partial charge < -0.3 is 19.3 Å². The number of ether oxygens (including phenoxy) is 3. The zero-order valence-electron chi connectivity index (χ0n) is 10.6. The quantitative estimate of drug-likeness (QED) is 0.781. The number of hydrogen-bond donors (Lipinski definition) is 1. The van der Waals surface area contributed by atoms with Gasteiger partial charge in [-0.25, -0.2) is 0 Å². The summed E-state index contributed by atoms with van der Waals surface area (Å²) in [5, 5.41) is 9.04. The van der Waals surface area contributed by atoms with Gasteiger partial charge in [0.15, 0.2) is 11.5 Å². The molecule has 5 heteroatoms. The van der Waals surface area contributed by atoms with E-state index >= 15 is 0 Å². The molecule has 100 valence electrons. The lowest BCUT2D eigenvalue weighted by atomic mass is 10.2. The third kappa shape index (κ3) is 3.35. The van der Waals surface area contributed by atoms with Crippen LogP contribution in [-0.2, 0) is 11.3 Å². The number of fused-ring (bicyclic) bond motifs is 1. The molecule has 0 saturated carbocycles. The topological polar surface area (TPSA) is 51.2 Å². The van der Waals surface area contributed by atoms with Crippen LogP contribution in [0.15, 0.2) is 18.2 Å². The van der Waals surface area contributed by atoms with Crippen LogP contribution in [0.3, 0.4) is 0 Å². The Morgan fingerprint density at radius 3 is 2.89 bits per heavy atom. The van der Waals surface area contributed by atoms with E-state index in [-0.39, 0.29) is 6.61 Å². The van der Waals surface area contributed by atoms with Crippen LogP contribution in [0, 0.1) is 0 Å². The summed E-state index contributed by atoms with van der Waals surface area (Å²) < 4.78 is 15.7. The maximum atomic E-state index is 9.04. The molecule has 0 fully saturated rings. The maximum absolute atomic E-state index is 9.04. The van der Waals surface area contributed by atoms with E-state index in [1.165, 1.54) is 0 Å². The summed E-state index contributed by atoms with van der Waals surface area (Å²) in [6, 6.07) is 5.93. The first-order chi connectivity index (χ1) is 8.83. The lowest BCUT2D eigenvalue weighted by Gasteiger charge is -2.20. The van der Waals surface area contributed by atoms with Crippen molar-refractivity contribution in [2.24, 2.45) is 0 Å². The second-order valence-corrected chi connectivity index (χ2v) is 4.18. The minimum absolute atomic E-state index is 0.147. The Bertz CT molecular complexity index is 383. The van der Waals surface area contributed by atoms with Crippen molar-refractivity contribution in [2.45, 2.75) is 6.54 Å². The molecule has 0 spiro atoms. The minimum Gasteiger partial charge on any atom is -0.454 e. The van der Waals surface area contributed by atoms with Crippen LogP contribution in [0.25, 0.3) is 0 Å². The molecule has 1 aromatic carbocycles. The zero-order valence-corrected chi connectivity index (χ0v) is 10.6. The molecule has 0 atom stereocenters. The average Bonchev–Trinajstić information content (AvgIpc) is 2.83. The molecule has 1 N–H and O–H groups in total. The van der Waals surface area contributed by atoms with Crippen molar-refractivity contribution in [2.75, 3.05) is 40.2 Å². The summed E-state index contributed by atoms with van der Waals surface area (Å²) in [4.78, 5) is 2.14. The third-order valence-corrected chi connectivity index (χ3v) is 2.87. The Hall–Kier alpha value is -1.30. The first kappa shape index (κ1) is 13.1. The minimum atomic E-state index is 0.147. The van der Waals surface area contributed by atoms with Crippen molar-refractivity contribution in [3.8, 4) is 11.5 Å². The van der Waals surface area contributed by atoms with E-state index in [2.05, 4.69) is 4.90 Å². The standard InChI is InChI=1S/C13H19NO4/c1-16-7-5-14(4-6-15)9-11-2-3-12-13(8-11)18-10-17-12/h2-3,8,15H,4-7,9-10H2,1H3. The lowest BCUT2D eigenvalue weighted by Crippen LogP contribution is -2.29. The number of aliphatic hydroxyl groups excluding tert-OH is 1. The molecule has 0 aromatic heterocycles. The Morgan fingerprint density at radius 1 is 1.28 bits per heavy atom. The molecule has 1 aliphatic rings. The van der Waals surface area contributed by atoms with Gasteiger partial charge in [0.2, 0.25) is 6.79 Å². The van der Waals surface area contributed by atoms with Crippen LogP contribution < -0.4 is 9.47 Å². The highest BCUT2D eigenvalue weighted by atomic mass is 16.7. The van der Waals surface area contributed by atoms with Crippen LogP contribution >= 0.6 is 0 Å². The van der Waals surface area contributed by atoms with E-state index in [1.54, 1.807) is 7.11 Å². The molecule has 5 nitrogen and oxygen atoms in total. The molecule has 1 aliphatic heterocycles. The number of aliphatic hydroxyl groups is 1. The van der Waals surface area contributed by atoms with Gasteiger partial charge >= 0.3 is 0 Å². The van der Waals surface area contributed by atoms with Gasteiger partial charge in [-0.3, -0.25) is 4.90 Å². The van der Waals surface area contributed by atoms with E-state index in [0.29, 0.717) is 19.9 Å². The summed E-state index contributed by atoms with van der Waals surface area (Å²) in [7, 11) is 1.68. The molecule has 1 aromatic rings. The van der Waals surface area contributed by atoms with Crippen LogP contribution in [-0.4, -0.2) is 50.2 Å². The highest BCUT2D eigenvalue weighted by Crippen LogP contribution is 2.32. The van der Waals surface area contributed by atoms with Crippen molar-refractivity contribution in [3.63, 3.8) is 0 Å². The number of methoxy groups -OCH3 is 1. The molecular weight excluding hydrogens is 234 g/mol. The largest absolute Gasteiger partial charge is 0.454 e. The molecule has 0 bridgehead atoms. The smallest absolute Gasteiger partial charge is 0.231 e. The zero-order chi connectivity index (χ0) is 12.8. The van der Waals surface area contributed by atoms with Crippen LogP contribution in [0.2, 0.25) is 0 Å². The molecule has 0 unspecified atom stereocenters. The number of nitrogens with zero attached hydrogens (tertiary/aromatic N) is 1. The second kappa shape index (κ2) is 6.58. The molecular formula is C13H19NO4. The van der Waals surface area contributed by atoms with Gasteiger partial charge in [-0.05, 0) is 17.7 Å². The molecule has 0 amide bonds. The molecule has 2 rings (SSSR count). The predicted octanol–water partition coefficient (Wildman–Crippen LogP) is 0.856. The van der Waals surface area contributed by atoms with Crippen LogP contribution in [0.1, 0.15) is 5.56 Å². The van der Waals surface area contributed by atoms with Crippen LogP contribution in [0.5, 0.6) is 11.5 Å². The molecule has 1 heterocycles. The SMILES string of the molecule is COCCN(CCO)Cc1ccc2c(c1)OCO2. The van der Waals surface area contributed by atoms with Gasteiger partial charge in [0.25, 0.3) is 0 Å². The van der Waals surface area contributed by atoms with Gasteiger partial charge in [-0.2, -0.15) is 0 Å². The number of hydrogen-bond acceptors (Lipinski definition) is 5. The summed E-state index contributed by atoms with van der Waals surface area (Å²) in [6.07, 6.45) is 0. The first-order valence-electron chi connectivity index (χ1n) is 6.04. The fourth-order valence-corrected chi connectivity index (χ4v) is 1.93. The highest BCUT2D eigenvalue weighted by molar-refractivity contribution is 5.44. The fourth-order valence-electron chi connectivity index (χ4n) is 1.93. The molecule has 18 heavy (non-hydrogen) atoms. The van der Waals surface area contributed by atoms with E-state index in [0.717, 1.165) is 30.2 Å². The van der Waals surface area contributed by atoms with Gasteiger partial charge in [-0.15, -0.1) is 0 Å². The van der Waals surface area contributed by atoms with E-state index in [4.69, 9.17) is 19.3 Å². The number of rotatable bonds is 7.